The SMILES string of the molecule is CC(=O)CC[C@H](NC(=O)COCC(=O)NCCCOCCCCOCCCNC(=O)CCCCCCCCCCCCCCCCCCC(=O)O)C(=O)O. The smallest absolute Gasteiger partial charge is 0.326 e. The lowest BCUT2D eigenvalue weighted by Gasteiger charge is -2.13. The lowest BCUT2D eigenvalue weighted by molar-refractivity contribution is -0.143. The van der Waals surface area contributed by atoms with Crippen molar-refractivity contribution in [1.82, 2.24) is 16.0 Å². The van der Waals surface area contributed by atoms with Gasteiger partial charge in [-0.1, -0.05) is 89.9 Å². The van der Waals surface area contributed by atoms with Crippen molar-refractivity contribution in [2.75, 3.05) is 52.7 Å². The molecule has 0 aliphatic carbocycles. The molecule has 0 rings (SSSR count). The second-order valence-corrected chi connectivity index (χ2v) is 14.1. The fourth-order valence-electron chi connectivity index (χ4n) is 5.67. The first-order chi connectivity index (χ1) is 26.1. The Morgan fingerprint density at radius 1 is 0.463 bits per heavy atom. The molecule has 14 heteroatoms. The number of nitrogens with one attached hydrogen (secondary N) is 3. The number of rotatable bonds is 41. The summed E-state index contributed by atoms with van der Waals surface area (Å²) >= 11 is 0. The molecule has 1 atom stereocenters. The van der Waals surface area contributed by atoms with E-state index in [-0.39, 0.29) is 31.1 Å². The normalized spacial score (nSPS) is 11.6. The van der Waals surface area contributed by atoms with Crippen molar-refractivity contribution in [2.24, 2.45) is 0 Å². The highest BCUT2D eigenvalue weighted by molar-refractivity contribution is 5.85. The zero-order valence-corrected chi connectivity index (χ0v) is 33.3. The predicted molar refractivity (Wildman–Crippen MR) is 207 cm³/mol. The van der Waals surface area contributed by atoms with E-state index in [0.29, 0.717) is 58.8 Å². The van der Waals surface area contributed by atoms with Crippen molar-refractivity contribution in [3.05, 3.63) is 0 Å². The number of carbonyl (C=O) groups excluding carboxylic acids is 4. The van der Waals surface area contributed by atoms with Gasteiger partial charge in [-0.3, -0.25) is 19.2 Å². The predicted octanol–water partition coefficient (Wildman–Crippen LogP) is 5.87. The summed E-state index contributed by atoms with van der Waals surface area (Å²) in [6.07, 6.45) is 23.3. The highest BCUT2D eigenvalue weighted by atomic mass is 16.5. The molecule has 14 nitrogen and oxygen atoms in total. The lowest BCUT2D eigenvalue weighted by atomic mass is 10.0. The summed E-state index contributed by atoms with van der Waals surface area (Å²) in [5.41, 5.74) is 0. The van der Waals surface area contributed by atoms with E-state index >= 15 is 0 Å². The van der Waals surface area contributed by atoms with Crippen LogP contribution in [-0.4, -0.2) is 104 Å². The third kappa shape index (κ3) is 38.6. The molecule has 0 aromatic carbocycles. The van der Waals surface area contributed by atoms with Crippen LogP contribution in [0.1, 0.15) is 161 Å². The Hall–Kier alpha value is -3.10. The fraction of sp³-hybridized carbons (Fsp3) is 0.850. The molecule has 54 heavy (non-hydrogen) atoms. The van der Waals surface area contributed by atoms with Crippen molar-refractivity contribution in [3.8, 4) is 0 Å². The first kappa shape index (κ1) is 50.9. The monoisotopic (exact) mass is 772 g/mol. The van der Waals surface area contributed by atoms with Gasteiger partial charge in [-0.15, -0.1) is 0 Å². The summed E-state index contributed by atoms with van der Waals surface area (Å²) in [6.45, 7) is 3.90. The van der Waals surface area contributed by atoms with Crippen molar-refractivity contribution >= 4 is 35.4 Å². The van der Waals surface area contributed by atoms with Crippen LogP contribution in [0.15, 0.2) is 0 Å². The van der Waals surface area contributed by atoms with E-state index < -0.39 is 36.4 Å². The van der Waals surface area contributed by atoms with Gasteiger partial charge in [0.1, 0.15) is 25.0 Å². The van der Waals surface area contributed by atoms with Gasteiger partial charge in [-0.05, 0) is 51.9 Å². The lowest BCUT2D eigenvalue weighted by Crippen LogP contribution is -2.43. The number of Topliss-reactive ketones (excluding diaryl/α,β-unsaturated/α-hetero) is 1. The number of carbonyl (C=O) groups is 6. The average molecular weight is 772 g/mol. The summed E-state index contributed by atoms with van der Waals surface area (Å²) < 4.78 is 16.3. The van der Waals surface area contributed by atoms with Crippen LogP contribution in [0, 0.1) is 0 Å². The Morgan fingerprint density at radius 2 is 0.870 bits per heavy atom. The molecule has 0 saturated heterocycles. The van der Waals surface area contributed by atoms with E-state index in [2.05, 4.69) is 16.0 Å². The highest BCUT2D eigenvalue weighted by Crippen LogP contribution is 2.14. The third-order valence-corrected chi connectivity index (χ3v) is 8.83. The maximum absolute atomic E-state index is 12.1. The van der Waals surface area contributed by atoms with Crippen molar-refractivity contribution < 1.29 is 53.2 Å². The van der Waals surface area contributed by atoms with Crippen LogP contribution >= 0.6 is 0 Å². The van der Waals surface area contributed by atoms with Crippen LogP contribution in [0.5, 0.6) is 0 Å². The van der Waals surface area contributed by atoms with Gasteiger partial charge >= 0.3 is 11.9 Å². The summed E-state index contributed by atoms with van der Waals surface area (Å²) in [4.78, 5) is 68.5. The first-order valence-corrected chi connectivity index (χ1v) is 20.6. The summed E-state index contributed by atoms with van der Waals surface area (Å²) in [6, 6.07) is -1.19. The van der Waals surface area contributed by atoms with E-state index in [1.54, 1.807) is 0 Å². The average Bonchev–Trinajstić information content (AvgIpc) is 3.12. The maximum atomic E-state index is 12.1. The molecule has 0 unspecified atom stereocenters. The number of ketones is 1. The minimum absolute atomic E-state index is 0.0107. The topological polar surface area (TPSA) is 207 Å². The molecule has 0 heterocycles. The van der Waals surface area contributed by atoms with Crippen LogP contribution in [0.3, 0.4) is 0 Å². The van der Waals surface area contributed by atoms with Crippen LogP contribution in [0.25, 0.3) is 0 Å². The highest BCUT2D eigenvalue weighted by Gasteiger charge is 2.20. The van der Waals surface area contributed by atoms with E-state index in [4.69, 9.17) is 24.4 Å². The number of unbranched alkanes of at least 4 members (excludes halogenated alkanes) is 16. The molecule has 0 fully saturated rings. The van der Waals surface area contributed by atoms with Gasteiger partial charge in [0.15, 0.2) is 0 Å². The van der Waals surface area contributed by atoms with Gasteiger partial charge < -0.3 is 45.2 Å². The van der Waals surface area contributed by atoms with Gasteiger partial charge in [0.2, 0.25) is 17.7 Å². The van der Waals surface area contributed by atoms with E-state index in [0.717, 1.165) is 51.4 Å². The number of hydrogen-bond donors (Lipinski definition) is 5. The second-order valence-electron chi connectivity index (χ2n) is 14.1. The molecule has 0 aromatic rings. The van der Waals surface area contributed by atoms with Gasteiger partial charge in [0, 0.05) is 58.8 Å². The molecule has 0 aliphatic rings. The van der Waals surface area contributed by atoms with Crippen molar-refractivity contribution in [3.63, 3.8) is 0 Å². The Labute approximate surface area is 324 Å². The summed E-state index contributed by atoms with van der Waals surface area (Å²) in [5, 5.41) is 25.7. The molecule has 0 aliphatic heterocycles. The zero-order valence-electron chi connectivity index (χ0n) is 33.3. The standard InChI is InChI=1S/C40H73N3O11/c1-34(44)24-25-35(40(50)51)43-38(47)33-54-32-37(46)42-27-21-31-53-29-19-18-28-52-30-20-26-41-36(45)22-16-14-12-10-8-6-4-2-3-5-7-9-11-13-15-17-23-39(48)49/h35H,2-33H2,1H3,(H,41,45)(H,42,46)(H,43,47)(H,48,49)(H,50,51)/t35-/m0/s1. The van der Waals surface area contributed by atoms with Gasteiger partial charge in [0.25, 0.3) is 0 Å². The molecule has 5 N–H and O–H groups in total. The van der Waals surface area contributed by atoms with E-state index in [9.17, 15) is 28.8 Å². The van der Waals surface area contributed by atoms with E-state index in [1.165, 1.54) is 77.6 Å². The van der Waals surface area contributed by atoms with Crippen LogP contribution < -0.4 is 16.0 Å². The molecule has 0 saturated carbocycles. The Kier molecular flexibility index (Phi) is 36.0. The summed E-state index contributed by atoms with van der Waals surface area (Å²) in [7, 11) is 0. The Bertz CT molecular complexity index is 996. The van der Waals surface area contributed by atoms with Crippen molar-refractivity contribution in [1.29, 1.82) is 0 Å². The van der Waals surface area contributed by atoms with Crippen LogP contribution in [0.2, 0.25) is 0 Å². The number of carboxylic acids is 2. The van der Waals surface area contributed by atoms with Gasteiger partial charge in [-0.25, -0.2) is 4.79 Å². The Balaban J connectivity index is 3.37. The minimum atomic E-state index is -1.24. The van der Waals surface area contributed by atoms with Gasteiger partial charge in [0.05, 0.1) is 0 Å². The molecule has 0 aromatic heterocycles. The molecular formula is C40H73N3O11. The fourth-order valence-corrected chi connectivity index (χ4v) is 5.67. The largest absolute Gasteiger partial charge is 0.481 e. The van der Waals surface area contributed by atoms with Crippen LogP contribution in [0.4, 0.5) is 0 Å². The first-order valence-electron chi connectivity index (χ1n) is 20.6. The molecule has 314 valence electrons. The number of ether oxygens (including phenoxy) is 3. The molecule has 3 amide bonds. The minimum Gasteiger partial charge on any atom is -0.481 e. The quantitative estimate of drug-likeness (QED) is 0.0465. The summed E-state index contributed by atoms with van der Waals surface area (Å²) in [5.74, 6) is -3.05. The van der Waals surface area contributed by atoms with Crippen LogP contribution in [-0.2, 0) is 43.0 Å². The molecule has 0 radical (unpaired) electrons. The van der Waals surface area contributed by atoms with Gasteiger partial charge in [-0.2, -0.15) is 0 Å². The number of carboxylic acid groups (broad SMARTS) is 2. The second kappa shape index (κ2) is 38.2. The third-order valence-electron chi connectivity index (χ3n) is 8.83. The Morgan fingerprint density at radius 3 is 1.31 bits per heavy atom. The maximum Gasteiger partial charge on any atom is 0.326 e. The number of hydrogen-bond acceptors (Lipinski definition) is 9. The molecule has 0 bridgehead atoms. The number of amides is 3. The molecule has 0 spiro atoms. The van der Waals surface area contributed by atoms with Crippen molar-refractivity contribution in [2.45, 2.75) is 167 Å². The zero-order chi connectivity index (χ0) is 39.9. The molecular weight excluding hydrogens is 698 g/mol. The number of aliphatic carboxylic acids is 2. The van der Waals surface area contributed by atoms with E-state index in [1.807, 2.05) is 0 Å².